The van der Waals surface area contributed by atoms with Crippen molar-refractivity contribution in [3.05, 3.63) is 58.1 Å². The Hall–Kier alpha value is -2.55. The molecule has 0 saturated carbocycles. The van der Waals surface area contributed by atoms with Gasteiger partial charge in [0, 0.05) is 17.0 Å². The Bertz CT molecular complexity index is 997. The molecule has 0 unspecified atom stereocenters. The molecule has 1 fully saturated rings. The van der Waals surface area contributed by atoms with Gasteiger partial charge in [-0.1, -0.05) is 47.1 Å². The Morgan fingerprint density at radius 2 is 2.00 bits per heavy atom. The molecule has 2 aromatic rings. The van der Waals surface area contributed by atoms with Crippen molar-refractivity contribution in [2.75, 3.05) is 4.90 Å². The summed E-state index contributed by atoms with van der Waals surface area (Å²) in [7, 11) is 0. The van der Waals surface area contributed by atoms with E-state index in [9.17, 15) is 14.7 Å². The van der Waals surface area contributed by atoms with Gasteiger partial charge in [0.1, 0.15) is 11.0 Å². The fourth-order valence-corrected chi connectivity index (χ4v) is 3.71. The molecule has 2 aromatic carbocycles. The van der Waals surface area contributed by atoms with Crippen LogP contribution in [0.15, 0.2) is 52.7 Å². The maximum Gasteiger partial charge on any atom is 0.247 e. The number of nitrogens with two attached hydrogens (primary N) is 1. The van der Waals surface area contributed by atoms with Gasteiger partial charge in [-0.15, -0.1) is 5.10 Å². The van der Waals surface area contributed by atoms with Gasteiger partial charge in [0.05, 0.1) is 16.9 Å². The number of rotatable bonds is 4. The van der Waals surface area contributed by atoms with Crippen LogP contribution in [0.1, 0.15) is 12.0 Å². The van der Waals surface area contributed by atoms with Crippen LogP contribution in [0.4, 0.5) is 5.69 Å². The minimum absolute atomic E-state index is 0.0110. The van der Waals surface area contributed by atoms with Gasteiger partial charge in [-0.3, -0.25) is 9.59 Å². The minimum Gasteiger partial charge on any atom is -0.507 e. The number of nitrogens with zero attached hydrogens (tertiary/aromatic N) is 3. The second-order valence-corrected chi connectivity index (χ2v) is 7.78. The number of aromatic hydroxyl groups is 1. The van der Waals surface area contributed by atoms with Crippen molar-refractivity contribution in [2.24, 2.45) is 15.9 Å². The molecule has 1 aliphatic heterocycles. The lowest BCUT2D eigenvalue weighted by Crippen LogP contribution is -2.32. The van der Waals surface area contributed by atoms with Crippen LogP contribution in [0, 0.1) is 0 Å². The number of phenolic OH excluding ortho intramolecular Hbond substituents is 1. The van der Waals surface area contributed by atoms with E-state index < -0.39 is 17.1 Å². The molecule has 1 aliphatic rings. The second kappa shape index (κ2) is 8.64. The van der Waals surface area contributed by atoms with Gasteiger partial charge in [-0.05, 0) is 30.3 Å². The molecule has 7 nitrogen and oxygen atoms in total. The molecule has 0 aliphatic carbocycles. The van der Waals surface area contributed by atoms with E-state index in [1.807, 2.05) is 0 Å². The Balaban J connectivity index is 1.71. The number of amides is 2. The first kappa shape index (κ1) is 20.2. The molecule has 1 saturated heterocycles. The van der Waals surface area contributed by atoms with Crippen LogP contribution in [-0.2, 0) is 9.59 Å². The van der Waals surface area contributed by atoms with Crippen molar-refractivity contribution < 1.29 is 14.7 Å². The van der Waals surface area contributed by atoms with E-state index in [1.54, 1.807) is 24.3 Å². The molecule has 28 heavy (non-hydrogen) atoms. The third kappa shape index (κ3) is 4.46. The van der Waals surface area contributed by atoms with Crippen molar-refractivity contribution >= 4 is 63.8 Å². The van der Waals surface area contributed by atoms with Crippen molar-refractivity contribution in [2.45, 2.75) is 11.7 Å². The molecule has 0 radical (unpaired) electrons. The summed E-state index contributed by atoms with van der Waals surface area (Å²) < 4.78 is 0. The van der Waals surface area contributed by atoms with Crippen LogP contribution >= 0.6 is 35.0 Å². The number of imide groups is 1. The van der Waals surface area contributed by atoms with Crippen LogP contribution in [0.3, 0.4) is 0 Å². The lowest BCUT2D eigenvalue weighted by atomic mass is 10.2. The predicted octanol–water partition coefficient (Wildman–Crippen LogP) is 3.41. The van der Waals surface area contributed by atoms with E-state index in [1.165, 1.54) is 24.4 Å². The molecular formula is C18H14Cl2N4O3S. The van der Waals surface area contributed by atoms with E-state index in [0.29, 0.717) is 10.6 Å². The van der Waals surface area contributed by atoms with Gasteiger partial charge in [-0.2, -0.15) is 5.10 Å². The number of phenols is 1. The largest absolute Gasteiger partial charge is 0.507 e. The van der Waals surface area contributed by atoms with Crippen LogP contribution in [0.5, 0.6) is 5.75 Å². The molecule has 10 heteroatoms. The number of thioether (sulfide) groups is 1. The molecule has 1 heterocycles. The average molecular weight is 437 g/mol. The number of halogens is 2. The van der Waals surface area contributed by atoms with Crippen LogP contribution in [0.25, 0.3) is 0 Å². The van der Waals surface area contributed by atoms with Gasteiger partial charge < -0.3 is 10.8 Å². The second-order valence-electron chi connectivity index (χ2n) is 5.72. The lowest BCUT2D eigenvalue weighted by Gasteiger charge is -2.16. The Morgan fingerprint density at radius 3 is 2.75 bits per heavy atom. The fourth-order valence-electron chi connectivity index (χ4n) is 2.52. The van der Waals surface area contributed by atoms with Crippen molar-refractivity contribution in [1.29, 1.82) is 0 Å². The van der Waals surface area contributed by atoms with E-state index >= 15 is 0 Å². The van der Waals surface area contributed by atoms with Gasteiger partial charge in [0.2, 0.25) is 11.8 Å². The van der Waals surface area contributed by atoms with Crippen molar-refractivity contribution in [3.63, 3.8) is 0 Å². The zero-order valence-corrected chi connectivity index (χ0v) is 16.6. The molecule has 144 valence electrons. The molecule has 1 atom stereocenters. The molecule has 3 rings (SSSR count). The molecule has 0 bridgehead atoms. The molecule has 0 aromatic heterocycles. The van der Waals surface area contributed by atoms with E-state index in [2.05, 4.69) is 10.2 Å². The number of anilines is 1. The quantitative estimate of drug-likeness (QED) is 0.330. The number of hydrogen-bond acceptors (Lipinski definition) is 6. The first-order valence-corrected chi connectivity index (χ1v) is 9.63. The molecular weight excluding hydrogens is 423 g/mol. The summed E-state index contributed by atoms with van der Waals surface area (Å²) in [4.78, 5) is 26.0. The summed E-state index contributed by atoms with van der Waals surface area (Å²) in [6, 6.07) is 11.1. The highest BCUT2D eigenvalue weighted by atomic mass is 35.5. The summed E-state index contributed by atoms with van der Waals surface area (Å²) in [5, 5.41) is 17.1. The first-order valence-electron chi connectivity index (χ1n) is 8.00. The smallest absolute Gasteiger partial charge is 0.247 e. The highest BCUT2D eigenvalue weighted by Gasteiger charge is 2.41. The molecule has 0 spiro atoms. The molecule has 2 amide bonds. The third-order valence-electron chi connectivity index (χ3n) is 3.81. The van der Waals surface area contributed by atoms with E-state index in [-0.39, 0.29) is 28.0 Å². The molecule has 3 N–H and O–H groups in total. The van der Waals surface area contributed by atoms with Crippen molar-refractivity contribution in [3.8, 4) is 5.75 Å². The SMILES string of the molecule is NC(=N/N=C\c1ccccc1O)S[C@@H]1CC(=O)N(c2cc(Cl)ccc2Cl)C1=O. The van der Waals surface area contributed by atoms with E-state index in [4.69, 9.17) is 28.9 Å². The van der Waals surface area contributed by atoms with E-state index in [0.717, 1.165) is 16.7 Å². The zero-order valence-electron chi connectivity index (χ0n) is 14.3. The van der Waals surface area contributed by atoms with Crippen LogP contribution in [0.2, 0.25) is 10.0 Å². The van der Waals surface area contributed by atoms with Gasteiger partial charge in [-0.25, -0.2) is 4.90 Å². The van der Waals surface area contributed by atoms with Gasteiger partial charge in [0.25, 0.3) is 0 Å². The predicted molar refractivity (Wildman–Crippen MR) is 112 cm³/mol. The highest BCUT2D eigenvalue weighted by Crippen LogP contribution is 2.35. The summed E-state index contributed by atoms with van der Waals surface area (Å²) >= 11 is 13.0. The number of hydrogen-bond donors (Lipinski definition) is 2. The standard InChI is InChI=1S/C18H14Cl2N4O3S/c19-11-5-6-12(20)13(7-11)24-16(26)8-15(17(24)27)28-18(21)23-22-9-10-3-1-2-4-14(10)25/h1-7,9,15,25H,8H2,(H2,21,23)/b22-9-/t15-/m1/s1. The number of carbonyl (C=O) groups excluding carboxylic acids is 2. The number of carbonyl (C=O) groups is 2. The summed E-state index contributed by atoms with van der Waals surface area (Å²) in [5.74, 6) is -0.808. The zero-order chi connectivity index (χ0) is 20.3. The average Bonchev–Trinajstić information content (AvgIpc) is 2.92. The Labute approximate surface area is 174 Å². The summed E-state index contributed by atoms with van der Waals surface area (Å²) in [6.45, 7) is 0. The fraction of sp³-hybridized carbons (Fsp3) is 0.111. The Morgan fingerprint density at radius 1 is 1.25 bits per heavy atom. The van der Waals surface area contributed by atoms with Crippen LogP contribution in [-0.4, -0.2) is 33.6 Å². The first-order chi connectivity index (χ1) is 13.4. The number of para-hydroxylation sites is 1. The van der Waals surface area contributed by atoms with Gasteiger partial charge in [0.15, 0.2) is 5.17 Å². The normalized spacial score (nSPS) is 17.7. The monoisotopic (exact) mass is 436 g/mol. The minimum atomic E-state index is -0.744. The summed E-state index contributed by atoms with van der Waals surface area (Å²) in [5.41, 5.74) is 6.52. The lowest BCUT2D eigenvalue weighted by molar-refractivity contribution is -0.121. The summed E-state index contributed by atoms with van der Waals surface area (Å²) in [6.07, 6.45) is 1.29. The van der Waals surface area contributed by atoms with Crippen molar-refractivity contribution in [1.82, 2.24) is 0 Å². The Kier molecular flexibility index (Phi) is 6.23. The maximum absolute atomic E-state index is 12.7. The number of benzene rings is 2. The number of amidine groups is 1. The maximum atomic E-state index is 12.7. The third-order valence-corrected chi connectivity index (χ3v) is 5.34. The van der Waals surface area contributed by atoms with Gasteiger partial charge >= 0.3 is 0 Å². The van der Waals surface area contributed by atoms with Crippen LogP contribution < -0.4 is 10.6 Å². The topological polar surface area (TPSA) is 108 Å². The highest BCUT2D eigenvalue weighted by molar-refractivity contribution is 8.14.